The van der Waals surface area contributed by atoms with Gasteiger partial charge in [-0.05, 0) is 25.1 Å². The van der Waals surface area contributed by atoms with Crippen LogP contribution in [0.5, 0.6) is 0 Å². The Kier molecular flexibility index (Phi) is 5.78. The number of nitrogens with zero attached hydrogens (tertiary/aromatic N) is 4. The number of hydrogen-bond acceptors (Lipinski definition) is 5. The van der Waals surface area contributed by atoms with Gasteiger partial charge >= 0.3 is 0 Å². The van der Waals surface area contributed by atoms with Gasteiger partial charge in [-0.25, -0.2) is 0 Å². The number of aryl methyl sites for hydroxylation is 1. The van der Waals surface area contributed by atoms with E-state index in [1.54, 1.807) is 0 Å². The van der Waals surface area contributed by atoms with Crippen LogP contribution in [0, 0.1) is 0 Å². The van der Waals surface area contributed by atoms with E-state index in [0.717, 1.165) is 36.5 Å². The van der Waals surface area contributed by atoms with Gasteiger partial charge in [0, 0.05) is 44.7 Å². The quantitative estimate of drug-likeness (QED) is 0.788. The average Bonchev–Trinajstić information content (AvgIpc) is 2.79. The molecule has 2 aromatic rings. The Hall–Kier alpha value is -2.51. The molecule has 1 unspecified atom stereocenters. The number of aromatic nitrogens is 2. The number of amides is 1. The fourth-order valence-electron chi connectivity index (χ4n) is 4.22. The van der Waals surface area contributed by atoms with E-state index < -0.39 is 0 Å². The lowest BCUT2D eigenvalue weighted by Crippen LogP contribution is -2.51. The van der Waals surface area contributed by atoms with Crippen molar-refractivity contribution in [2.45, 2.75) is 32.7 Å². The van der Waals surface area contributed by atoms with Gasteiger partial charge in [0.2, 0.25) is 5.91 Å². The molecule has 1 fully saturated rings. The lowest BCUT2D eigenvalue weighted by Gasteiger charge is -2.36. The summed E-state index contributed by atoms with van der Waals surface area (Å²) in [4.78, 5) is 33.7. The maximum absolute atomic E-state index is 13.0. The molecule has 7 heteroatoms. The first-order valence-electron chi connectivity index (χ1n) is 10.4. The average molecular weight is 396 g/mol. The van der Waals surface area contributed by atoms with Crippen molar-refractivity contribution in [2.75, 3.05) is 39.4 Å². The zero-order valence-electron chi connectivity index (χ0n) is 17.1. The lowest BCUT2D eigenvalue weighted by molar-refractivity contribution is -0.137. The molecule has 1 saturated heterocycles. The van der Waals surface area contributed by atoms with E-state index in [1.165, 1.54) is 0 Å². The summed E-state index contributed by atoms with van der Waals surface area (Å²) in [6.45, 7) is 8.22. The molecule has 0 aliphatic carbocycles. The highest BCUT2D eigenvalue weighted by molar-refractivity contribution is 5.84. The molecule has 0 spiro atoms. The predicted octanol–water partition coefficient (Wildman–Crippen LogP) is 1.75. The first-order valence-corrected chi connectivity index (χ1v) is 10.4. The zero-order valence-corrected chi connectivity index (χ0v) is 17.1. The predicted molar refractivity (Wildman–Crippen MR) is 113 cm³/mol. The van der Waals surface area contributed by atoms with Gasteiger partial charge in [-0.2, -0.15) is 4.98 Å². The van der Waals surface area contributed by atoms with E-state index in [-0.39, 0.29) is 17.5 Å². The van der Waals surface area contributed by atoms with E-state index in [2.05, 4.69) is 20.5 Å². The molecule has 0 bridgehead atoms. The Morgan fingerprint density at radius 1 is 1.21 bits per heavy atom. The van der Waals surface area contributed by atoms with E-state index in [1.807, 2.05) is 43.0 Å². The van der Waals surface area contributed by atoms with Gasteiger partial charge in [0.05, 0.1) is 30.2 Å². The summed E-state index contributed by atoms with van der Waals surface area (Å²) in [5.74, 6) is 0.933. The Bertz CT molecular complexity index is 991. The summed E-state index contributed by atoms with van der Waals surface area (Å²) in [7, 11) is 0. The van der Waals surface area contributed by atoms with Crippen molar-refractivity contribution in [3.63, 3.8) is 0 Å². The standard InChI is InChI=1S/C22H28N4O3/c1-3-20-23-21(27)18-6-4-5-7-19(18)26(20)17-8-10-25(11-9-17)22(28)16(2)24-12-14-29-15-13-24/h4-8,16H,3,9-15H2,1-2H3. The van der Waals surface area contributed by atoms with Gasteiger partial charge in [0.15, 0.2) is 0 Å². The van der Waals surface area contributed by atoms with E-state index in [4.69, 9.17) is 4.74 Å². The second-order valence-electron chi connectivity index (χ2n) is 7.59. The van der Waals surface area contributed by atoms with Crippen molar-refractivity contribution < 1.29 is 9.53 Å². The van der Waals surface area contributed by atoms with Crippen LogP contribution < -0.4 is 5.56 Å². The van der Waals surface area contributed by atoms with Crippen LogP contribution in [0.1, 0.15) is 26.1 Å². The molecule has 0 radical (unpaired) electrons. The molecule has 1 aromatic heterocycles. The van der Waals surface area contributed by atoms with Crippen molar-refractivity contribution >= 4 is 22.5 Å². The van der Waals surface area contributed by atoms with E-state index >= 15 is 0 Å². The Balaban J connectivity index is 1.58. The number of rotatable bonds is 4. The van der Waals surface area contributed by atoms with Crippen molar-refractivity contribution in [1.29, 1.82) is 0 Å². The molecule has 1 aromatic carbocycles. The fourth-order valence-corrected chi connectivity index (χ4v) is 4.22. The van der Waals surface area contributed by atoms with Gasteiger partial charge in [0.1, 0.15) is 5.82 Å². The minimum Gasteiger partial charge on any atom is -0.379 e. The molecule has 29 heavy (non-hydrogen) atoms. The third-order valence-corrected chi connectivity index (χ3v) is 5.92. The minimum absolute atomic E-state index is 0.130. The number of benzene rings is 1. The minimum atomic E-state index is -0.179. The first-order chi connectivity index (χ1) is 14.1. The molecule has 0 N–H and O–H groups in total. The molecule has 1 amide bonds. The van der Waals surface area contributed by atoms with Crippen LogP contribution in [0.3, 0.4) is 0 Å². The summed E-state index contributed by atoms with van der Waals surface area (Å²) < 4.78 is 7.50. The number of morpholine rings is 1. The van der Waals surface area contributed by atoms with Crippen molar-refractivity contribution in [3.8, 4) is 0 Å². The molecule has 3 heterocycles. The maximum Gasteiger partial charge on any atom is 0.280 e. The number of ether oxygens (including phenoxy) is 1. The van der Waals surface area contributed by atoms with Crippen LogP contribution >= 0.6 is 0 Å². The van der Waals surface area contributed by atoms with E-state index in [0.29, 0.717) is 38.1 Å². The van der Waals surface area contributed by atoms with Crippen LogP contribution in [0.25, 0.3) is 16.6 Å². The normalized spacial score (nSPS) is 19.2. The van der Waals surface area contributed by atoms with Crippen molar-refractivity contribution in [1.82, 2.24) is 19.4 Å². The van der Waals surface area contributed by atoms with Crippen LogP contribution in [0.2, 0.25) is 0 Å². The number of para-hydroxylation sites is 1. The molecule has 0 saturated carbocycles. The Morgan fingerprint density at radius 2 is 1.97 bits per heavy atom. The van der Waals surface area contributed by atoms with Crippen LogP contribution in [0.4, 0.5) is 0 Å². The molecular formula is C22H28N4O3. The SMILES string of the molecule is CCc1nc(=O)c2ccccc2n1C1=CCN(C(=O)C(C)N2CCOCC2)CC1. The molecule has 4 rings (SSSR count). The highest BCUT2D eigenvalue weighted by Gasteiger charge is 2.28. The second kappa shape index (κ2) is 8.47. The third kappa shape index (κ3) is 3.84. The number of hydrogen-bond donors (Lipinski definition) is 0. The molecule has 2 aliphatic heterocycles. The zero-order chi connectivity index (χ0) is 20.4. The summed E-state index contributed by atoms with van der Waals surface area (Å²) >= 11 is 0. The van der Waals surface area contributed by atoms with Gasteiger partial charge in [0.25, 0.3) is 5.56 Å². The third-order valence-electron chi connectivity index (χ3n) is 5.92. The number of carbonyl (C=O) groups is 1. The van der Waals surface area contributed by atoms with E-state index in [9.17, 15) is 9.59 Å². The number of fused-ring (bicyclic) bond motifs is 1. The fraction of sp³-hybridized carbons (Fsp3) is 0.500. The van der Waals surface area contributed by atoms with Crippen LogP contribution in [-0.2, 0) is 16.0 Å². The monoisotopic (exact) mass is 396 g/mol. The molecule has 1 atom stereocenters. The number of carbonyl (C=O) groups excluding carboxylic acids is 1. The lowest BCUT2D eigenvalue weighted by atomic mass is 10.1. The summed E-state index contributed by atoms with van der Waals surface area (Å²) in [5.41, 5.74) is 1.81. The highest BCUT2D eigenvalue weighted by atomic mass is 16.5. The van der Waals surface area contributed by atoms with Gasteiger partial charge in [-0.15, -0.1) is 0 Å². The molecule has 7 nitrogen and oxygen atoms in total. The second-order valence-corrected chi connectivity index (χ2v) is 7.59. The summed E-state index contributed by atoms with van der Waals surface area (Å²) in [6, 6.07) is 7.47. The van der Waals surface area contributed by atoms with Gasteiger partial charge in [-0.3, -0.25) is 14.5 Å². The molecular weight excluding hydrogens is 368 g/mol. The van der Waals surface area contributed by atoms with Crippen LogP contribution in [0.15, 0.2) is 35.1 Å². The highest BCUT2D eigenvalue weighted by Crippen LogP contribution is 2.23. The smallest absolute Gasteiger partial charge is 0.280 e. The largest absolute Gasteiger partial charge is 0.379 e. The molecule has 2 aliphatic rings. The summed E-state index contributed by atoms with van der Waals surface area (Å²) in [6.07, 6.45) is 3.52. The maximum atomic E-state index is 13.0. The summed E-state index contributed by atoms with van der Waals surface area (Å²) in [5, 5.41) is 0.630. The van der Waals surface area contributed by atoms with Gasteiger partial charge < -0.3 is 14.2 Å². The van der Waals surface area contributed by atoms with Crippen LogP contribution in [-0.4, -0.2) is 70.7 Å². The van der Waals surface area contributed by atoms with Crippen molar-refractivity contribution in [3.05, 3.63) is 46.5 Å². The first kappa shape index (κ1) is 19.8. The Labute approximate surface area is 170 Å². The van der Waals surface area contributed by atoms with Gasteiger partial charge in [-0.1, -0.05) is 19.1 Å². The Morgan fingerprint density at radius 3 is 2.66 bits per heavy atom. The molecule has 154 valence electrons. The topological polar surface area (TPSA) is 67.7 Å². The van der Waals surface area contributed by atoms with Crippen molar-refractivity contribution in [2.24, 2.45) is 0 Å².